The van der Waals surface area contributed by atoms with Crippen molar-refractivity contribution in [2.45, 2.75) is 0 Å². The molecule has 5 heteroatoms. The Morgan fingerprint density at radius 1 is 1.40 bits per heavy atom. The van der Waals surface area contributed by atoms with Gasteiger partial charge in [-0.15, -0.1) is 0 Å². The highest BCUT2D eigenvalue weighted by molar-refractivity contribution is 5.94. The average Bonchev–Trinajstić information content (AvgIpc) is 2.29. The second-order valence-electron chi connectivity index (χ2n) is 2.98. The van der Waals surface area contributed by atoms with Crippen LogP contribution < -0.4 is 11.2 Å². The molecule has 1 aromatic carbocycles. The molecule has 0 atom stereocenters. The van der Waals surface area contributed by atoms with Crippen molar-refractivity contribution in [1.29, 1.82) is 0 Å². The van der Waals surface area contributed by atoms with Gasteiger partial charge in [-0.25, -0.2) is 10.5 Å². The molecule has 2 rings (SSSR count). The van der Waals surface area contributed by atoms with Gasteiger partial charge in [0.2, 0.25) is 5.96 Å². The molecule has 0 aliphatic rings. The van der Waals surface area contributed by atoms with E-state index in [1.165, 1.54) is 0 Å². The predicted octanol–water partition coefficient (Wildman–Crippen LogP) is 1.16. The van der Waals surface area contributed by atoms with Gasteiger partial charge in [0, 0.05) is 23.2 Å². The summed E-state index contributed by atoms with van der Waals surface area (Å²) in [5, 5.41) is 10.5. The number of guanidine groups is 1. The summed E-state index contributed by atoms with van der Waals surface area (Å²) in [5.74, 6) is -0.0423. The van der Waals surface area contributed by atoms with Gasteiger partial charge in [0.25, 0.3) is 0 Å². The molecule has 15 heavy (non-hydrogen) atoms. The van der Waals surface area contributed by atoms with Crippen LogP contribution in [0.15, 0.2) is 41.7 Å². The van der Waals surface area contributed by atoms with E-state index in [0.29, 0.717) is 5.69 Å². The van der Waals surface area contributed by atoms with Crippen LogP contribution in [-0.2, 0) is 0 Å². The molecule has 1 heterocycles. The van der Waals surface area contributed by atoms with E-state index < -0.39 is 0 Å². The lowest BCUT2D eigenvalue weighted by Gasteiger charge is -2.02. The number of nitrogens with one attached hydrogen (secondary N) is 1. The van der Waals surface area contributed by atoms with E-state index in [2.05, 4.69) is 9.98 Å². The maximum Gasteiger partial charge on any atom is 0.218 e. The molecule has 0 bridgehead atoms. The smallest absolute Gasteiger partial charge is 0.218 e. The number of aliphatic imine (C=N–C) groups is 1. The summed E-state index contributed by atoms with van der Waals surface area (Å²) < 4.78 is 0. The first-order valence-electron chi connectivity index (χ1n) is 4.38. The number of rotatable bonds is 1. The molecule has 0 spiro atoms. The van der Waals surface area contributed by atoms with Gasteiger partial charge in [-0.3, -0.25) is 10.2 Å². The number of pyridine rings is 1. The van der Waals surface area contributed by atoms with Crippen molar-refractivity contribution < 1.29 is 5.21 Å². The maximum atomic E-state index is 8.55. The zero-order valence-electron chi connectivity index (χ0n) is 7.88. The fourth-order valence-corrected chi connectivity index (χ4v) is 1.36. The van der Waals surface area contributed by atoms with Gasteiger partial charge in [-0.05, 0) is 12.1 Å². The summed E-state index contributed by atoms with van der Waals surface area (Å²) in [4.78, 5) is 8.02. The third-order valence-corrected chi connectivity index (χ3v) is 2.01. The second-order valence-corrected chi connectivity index (χ2v) is 2.98. The van der Waals surface area contributed by atoms with Gasteiger partial charge >= 0.3 is 0 Å². The van der Waals surface area contributed by atoms with Gasteiger partial charge in [0.15, 0.2) is 0 Å². The number of hydrogen-bond acceptors (Lipinski definition) is 3. The Bertz CT molecular complexity index is 504. The zero-order valence-corrected chi connectivity index (χ0v) is 7.88. The summed E-state index contributed by atoms with van der Waals surface area (Å²) in [6.45, 7) is 0. The summed E-state index contributed by atoms with van der Waals surface area (Å²) in [7, 11) is 0. The van der Waals surface area contributed by atoms with Crippen LogP contribution in [0.3, 0.4) is 0 Å². The lowest BCUT2D eigenvalue weighted by molar-refractivity contribution is 0.233. The Morgan fingerprint density at radius 2 is 2.27 bits per heavy atom. The Morgan fingerprint density at radius 3 is 3.07 bits per heavy atom. The fraction of sp³-hybridized carbons (Fsp3) is 0. The van der Waals surface area contributed by atoms with Crippen molar-refractivity contribution >= 4 is 22.4 Å². The standard InChI is InChI=1S/C10H10N4O/c11-10(14-15)13-9-3-1-2-7-6-12-5-4-8(7)9/h1-6,15H,(H3,11,13,14). The molecule has 0 unspecified atom stereocenters. The van der Waals surface area contributed by atoms with Gasteiger partial charge < -0.3 is 5.73 Å². The van der Waals surface area contributed by atoms with Gasteiger partial charge in [-0.2, -0.15) is 0 Å². The second kappa shape index (κ2) is 3.93. The van der Waals surface area contributed by atoms with Gasteiger partial charge in [-0.1, -0.05) is 12.1 Å². The van der Waals surface area contributed by atoms with E-state index in [4.69, 9.17) is 10.9 Å². The Kier molecular flexibility index (Phi) is 2.47. The summed E-state index contributed by atoms with van der Waals surface area (Å²) in [6, 6.07) is 7.45. The lowest BCUT2D eigenvalue weighted by atomic mass is 10.1. The number of fused-ring (bicyclic) bond motifs is 1. The van der Waals surface area contributed by atoms with Gasteiger partial charge in [0.05, 0.1) is 5.69 Å². The Hall–Kier alpha value is -2.14. The first-order valence-corrected chi connectivity index (χ1v) is 4.38. The Balaban J connectivity index is 2.61. The fourth-order valence-electron chi connectivity index (χ4n) is 1.36. The minimum absolute atomic E-state index is 0.0423. The molecular weight excluding hydrogens is 192 g/mol. The summed E-state index contributed by atoms with van der Waals surface area (Å²) >= 11 is 0. The molecule has 0 aliphatic carbocycles. The number of benzene rings is 1. The molecule has 4 N–H and O–H groups in total. The van der Waals surface area contributed by atoms with E-state index in [9.17, 15) is 0 Å². The lowest BCUT2D eigenvalue weighted by Crippen LogP contribution is -2.27. The molecule has 0 amide bonds. The topological polar surface area (TPSA) is 83.5 Å². The van der Waals surface area contributed by atoms with Crippen molar-refractivity contribution in [2.75, 3.05) is 0 Å². The molecule has 0 radical (unpaired) electrons. The predicted molar refractivity (Wildman–Crippen MR) is 57.9 cm³/mol. The van der Waals surface area contributed by atoms with Crippen LogP contribution in [0.1, 0.15) is 0 Å². The third kappa shape index (κ3) is 1.87. The molecule has 1 aromatic heterocycles. The van der Waals surface area contributed by atoms with Crippen molar-refractivity contribution in [2.24, 2.45) is 10.7 Å². The van der Waals surface area contributed by atoms with Crippen molar-refractivity contribution in [3.8, 4) is 0 Å². The monoisotopic (exact) mass is 202 g/mol. The number of aromatic nitrogens is 1. The molecule has 5 nitrogen and oxygen atoms in total. The third-order valence-electron chi connectivity index (χ3n) is 2.01. The van der Waals surface area contributed by atoms with E-state index in [-0.39, 0.29) is 5.96 Å². The summed E-state index contributed by atoms with van der Waals surface area (Å²) in [6.07, 6.45) is 3.43. The Labute approximate surface area is 86.2 Å². The number of nitrogens with zero attached hydrogens (tertiary/aromatic N) is 2. The minimum Gasteiger partial charge on any atom is -0.368 e. The van der Waals surface area contributed by atoms with Crippen LogP contribution >= 0.6 is 0 Å². The van der Waals surface area contributed by atoms with Crippen LogP contribution in [0.5, 0.6) is 0 Å². The van der Waals surface area contributed by atoms with Crippen LogP contribution in [-0.4, -0.2) is 16.2 Å². The first-order chi connectivity index (χ1) is 7.31. The van der Waals surface area contributed by atoms with Crippen molar-refractivity contribution in [1.82, 2.24) is 10.5 Å². The maximum absolute atomic E-state index is 8.55. The number of nitrogens with two attached hydrogens (primary N) is 1. The average molecular weight is 202 g/mol. The molecule has 0 aliphatic heterocycles. The van der Waals surface area contributed by atoms with E-state index in [1.807, 2.05) is 24.3 Å². The molecule has 0 saturated heterocycles. The van der Waals surface area contributed by atoms with E-state index in [0.717, 1.165) is 10.8 Å². The minimum atomic E-state index is -0.0423. The normalized spacial score (nSPS) is 11.7. The van der Waals surface area contributed by atoms with Crippen LogP contribution in [0.25, 0.3) is 10.8 Å². The van der Waals surface area contributed by atoms with Crippen molar-refractivity contribution in [3.05, 3.63) is 36.7 Å². The zero-order chi connectivity index (χ0) is 10.7. The highest BCUT2D eigenvalue weighted by atomic mass is 16.5. The highest BCUT2D eigenvalue weighted by Gasteiger charge is 1.99. The van der Waals surface area contributed by atoms with E-state index in [1.54, 1.807) is 17.9 Å². The van der Waals surface area contributed by atoms with E-state index >= 15 is 0 Å². The molecular formula is C10H10N4O. The van der Waals surface area contributed by atoms with Gasteiger partial charge in [0.1, 0.15) is 0 Å². The van der Waals surface area contributed by atoms with Crippen LogP contribution in [0, 0.1) is 0 Å². The summed E-state index contributed by atoms with van der Waals surface area (Å²) in [5.41, 5.74) is 7.85. The number of hydrogen-bond donors (Lipinski definition) is 3. The largest absolute Gasteiger partial charge is 0.368 e. The number of hydroxylamine groups is 1. The molecule has 2 aromatic rings. The van der Waals surface area contributed by atoms with Crippen LogP contribution in [0.4, 0.5) is 5.69 Å². The molecule has 76 valence electrons. The quantitative estimate of drug-likeness (QED) is 0.368. The SMILES string of the molecule is NC(=Nc1cccc2cnccc12)NO. The molecule has 0 saturated carbocycles. The first kappa shape index (κ1) is 9.42. The highest BCUT2D eigenvalue weighted by Crippen LogP contribution is 2.24. The van der Waals surface area contributed by atoms with Crippen LogP contribution in [0.2, 0.25) is 0 Å². The molecule has 0 fully saturated rings. The van der Waals surface area contributed by atoms with Crippen molar-refractivity contribution in [3.63, 3.8) is 0 Å².